The van der Waals surface area contributed by atoms with Gasteiger partial charge in [-0.2, -0.15) is 0 Å². The van der Waals surface area contributed by atoms with Crippen molar-refractivity contribution in [2.75, 3.05) is 51.5 Å². The summed E-state index contributed by atoms with van der Waals surface area (Å²) in [5.41, 5.74) is 1.83. The van der Waals surface area contributed by atoms with Crippen LogP contribution in [0.15, 0.2) is 54.6 Å². The number of amides is 3. The number of aryl methyl sites for hydroxylation is 1. The third-order valence-electron chi connectivity index (χ3n) is 7.02. The average molecular weight is 479 g/mol. The minimum atomic E-state index is -0.764. The van der Waals surface area contributed by atoms with Gasteiger partial charge in [-0.25, -0.2) is 0 Å². The Hall–Kier alpha value is -3.39. The molecule has 8 heteroatoms. The van der Waals surface area contributed by atoms with E-state index in [0.717, 1.165) is 17.7 Å². The monoisotopic (exact) mass is 478 g/mol. The summed E-state index contributed by atoms with van der Waals surface area (Å²) in [4.78, 5) is 45.1. The molecular weight excluding hydrogens is 444 g/mol. The van der Waals surface area contributed by atoms with Crippen molar-refractivity contribution >= 4 is 23.4 Å². The highest BCUT2D eigenvalue weighted by Crippen LogP contribution is 2.39. The van der Waals surface area contributed by atoms with Crippen molar-refractivity contribution in [3.63, 3.8) is 0 Å². The molecule has 3 amide bonds. The van der Waals surface area contributed by atoms with Crippen molar-refractivity contribution in [1.29, 1.82) is 0 Å². The molecule has 1 spiro atoms. The van der Waals surface area contributed by atoms with E-state index in [9.17, 15) is 14.4 Å². The van der Waals surface area contributed by atoms with Crippen LogP contribution in [0, 0.1) is 6.92 Å². The largest absolute Gasteiger partial charge is 0.385 e. The van der Waals surface area contributed by atoms with Crippen LogP contribution in [0.3, 0.4) is 0 Å². The van der Waals surface area contributed by atoms with Crippen molar-refractivity contribution in [3.8, 4) is 0 Å². The number of anilines is 1. The fraction of sp³-hybridized carbons (Fsp3) is 0.444. The molecule has 2 aliphatic rings. The van der Waals surface area contributed by atoms with E-state index < -0.39 is 5.54 Å². The zero-order chi connectivity index (χ0) is 24.8. The Balaban J connectivity index is 1.49. The van der Waals surface area contributed by atoms with Crippen LogP contribution in [0.25, 0.3) is 0 Å². The fourth-order valence-corrected chi connectivity index (χ4v) is 5.06. The van der Waals surface area contributed by atoms with Crippen molar-refractivity contribution in [2.24, 2.45) is 0 Å². The van der Waals surface area contributed by atoms with Crippen LogP contribution < -0.4 is 10.2 Å². The van der Waals surface area contributed by atoms with Gasteiger partial charge in [0.15, 0.2) is 0 Å². The van der Waals surface area contributed by atoms with Gasteiger partial charge in [-0.15, -0.1) is 0 Å². The number of carbonyl (C=O) groups is 3. The number of ether oxygens (including phenoxy) is 1. The molecule has 2 aromatic rings. The van der Waals surface area contributed by atoms with Gasteiger partial charge in [-0.3, -0.25) is 14.4 Å². The van der Waals surface area contributed by atoms with Crippen molar-refractivity contribution in [3.05, 3.63) is 65.7 Å². The van der Waals surface area contributed by atoms with E-state index in [2.05, 4.69) is 10.2 Å². The summed E-state index contributed by atoms with van der Waals surface area (Å²) in [5, 5.41) is 2.87. The number of hydrogen-bond donors (Lipinski definition) is 1. The number of benzene rings is 2. The van der Waals surface area contributed by atoms with Crippen LogP contribution in [0.5, 0.6) is 0 Å². The van der Waals surface area contributed by atoms with Gasteiger partial charge < -0.3 is 24.8 Å². The highest BCUT2D eigenvalue weighted by molar-refractivity contribution is 5.98. The fourth-order valence-electron chi connectivity index (χ4n) is 5.06. The molecule has 0 aliphatic carbocycles. The van der Waals surface area contributed by atoms with E-state index in [4.69, 9.17) is 4.74 Å². The average Bonchev–Trinajstić information content (AvgIpc) is 3.13. The second-order valence-corrected chi connectivity index (χ2v) is 9.24. The zero-order valence-electron chi connectivity index (χ0n) is 20.5. The number of nitrogens with one attached hydrogen (secondary N) is 1. The van der Waals surface area contributed by atoms with Crippen LogP contribution >= 0.6 is 0 Å². The molecule has 2 aliphatic heterocycles. The summed E-state index contributed by atoms with van der Waals surface area (Å²) < 4.78 is 5.02. The number of rotatable bonds is 8. The van der Waals surface area contributed by atoms with Crippen LogP contribution in [0.4, 0.5) is 5.69 Å². The van der Waals surface area contributed by atoms with E-state index >= 15 is 0 Å². The van der Waals surface area contributed by atoms with Crippen LogP contribution in [-0.4, -0.2) is 79.6 Å². The molecule has 2 saturated heterocycles. The number of carbonyl (C=O) groups excluding carboxylic acids is 3. The predicted molar refractivity (Wildman–Crippen MR) is 134 cm³/mol. The lowest BCUT2D eigenvalue weighted by Gasteiger charge is -2.43. The molecule has 0 atom stereocenters. The first-order valence-electron chi connectivity index (χ1n) is 12.2. The third kappa shape index (κ3) is 5.17. The minimum absolute atomic E-state index is 0.00181. The van der Waals surface area contributed by atoms with E-state index in [-0.39, 0.29) is 24.3 Å². The summed E-state index contributed by atoms with van der Waals surface area (Å²) in [6.07, 6.45) is 1.76. The van der Waals surface area contributed by atoms with Gasteiger partial charge in [0, 0.05) is 44.6 Å². The standard InChI is InChI=1S/C27H34N4O4/c1-21-9-6-7-12-23(21)25(33)29-16-13-27(14-17-29)26(34)30(19-24(32)28-15-8-18-35-2)20-31(27)22-10-4-3-5-11-22/h3-7,9-12H,8,13-20H2,1-2H3,(H,28,32). The number of para-hydroxylation sites is 1. The summed E-state index contributed by atoms with van der Waals surface area (Å²) in [6, 6.07) is 17.4. The zero-order valence-corrected chi connectivity index (χ0v) is 20.5. The second-order valence-electron chi connectivity index (χ2n) is 9.24. The maximum atomic E-state index is 13.8. The Labute approximate surface area is 206 Å². The molecule has 2 heterocycles. The Morgan fingerprint density at radius 1 is 1.03 bits per heavy atom. The molecule has 35 heavy (non-hydrogen) atoms. The SMILES string of the molecule is COCCCNC(=O)CN1CN(c2ccccc2)C2(CCN(C(=O)c3ccccc3C)CC2)C1=O. The van der Waals surface area contributed by atoms with Gasteiger partial charge in [-0.05, 0) is 49.9 Å². The minimum Gasteiger partial charge on any atom is -0.385 e. The Morgan fingerprint density at radius 2 is 1.71 bits per heavy atom. The maximum absolute atomic E-state index is 13.8. The normalized spacial score (nSPS) is 17.2. The molecule has 0 saturated carbocycles. The Morgan fingerprint density at radius 3 is 2.40 bits per heavy atom. The quantitative estimate of drug-likeness (QED) is 0.590. The van der Waals surface area contributed by atoms with Crippen molar-refractivity contribution in [1.82, 2.24) is 15.1 Å². The van der Waals surface area contributed by atoms with Gasteiger partial charge in [0.2, 0.25) is 5.91 Å². The van der Waals surface area contributed by atoms with Gasteiger partial charge in [0.05, 0.1) is 6.67 Å². The first-order valence-corrected chi connectivity index (χ1v) is 12.2. The van der Waals surface area contributed by atoms with E-state index in [1.54, 1.807) is 12.0 Å². The molecule has 0 bridgehead atoms. The molecular formula is C27H34N4O4. The van der Waals surface area contributed by atoms with Gasteiger partial charge in [0.25, 0.3) is 11.8 Å². The topological polar surface area (TPSA) is 82.2 Å². The molecule has 8 nitrogen and oxygen atoms in total. The van der Waals surface area contributed by atoms with Gasteiger partial charge in [0.1, 0.15) is 12.1 Å². The highest BCUT2D eigenvalue weighted by Gasteiger charge is 2.54. The van der Waals surface area contributed by atoms with Crippen LogP contribution in [0.1, 0.15) is 35.2 Å². The summed E-state index contributed by atoms with van der Waals surface area (Å²) in [5.74, 6) is -0.218. The molecule has 2 fully saturated rings. The van der Waals surface area contributed by atoms with Crippen LogP contribution in [0.2, 0.25) is 0 Å². The van der Waals surface area contributed by atoms with Crippen molar-refractivity contribution < 1.29 is 19.1 Å². The Bertz CT molecular complexity index is 1050. The third-order valence-corrected chi connectivity index (χ3v) is 7.02. The lowest BCUT2D eigenvalue weighted by atomic mass is 9.85. The number of piperidine rings is 1. The number of methoxy groups -OCH3 is 1. The lowest BCUT2D eigenvalue weighted by Crippen LogP contribution is -2.57. The number of likely N-dealkylation sites (tertiary alicyclic amines) is 1. The smallest absolute Gasteiger partial charge is 0.254 e. The van der Waals surface area contributed by atoms with Crippen molar-refractivity contribution in [2.45, 2.75) is 31.7 Å². The first-order chi connectivity index (χ1) is 17.0. The maximum Gasteiger partial charge on any atom is 0.254 e. The van der Waals surface area contributed by atoms with E-state index in [0.29, 0.717) is 51.3 Å². The summed E-state index contributed by atoms with van der Waals surface area (Å²) in [7, 11) is 1.63. The number of hydrogen-bond acceptors (Lipinski definition) is 5. The summed E-state index contributed by atoms with van der Waals surface area (Å²) >= 11 is 0. The number of nitrogens with zero attached hydrogens (tertiary/aromatic N) is 3. The summed E-state index contributed by atoms with van der Waals surface area (Å²) in [6.45, 7) is 4.36. The second kappa shape index (κ2) is 10.9. The molecule has 0 aromatic heterocycles. The predicted octanol–water partition coefficient (Wildman–Crippen LogP) is 2.43. The first kappa shape index (κ1) is 24.7. The molecule has 4 rings (SSSR count). The molecule has 0 unspecified atom stereocenters. The van der Waals surface area contributed by atoms with E-state index in [1.807, 2.05) is 66.4 Å². The van der Waals surface area contributed by atoms with Gasteiger partial charge >= 0.3 is 0 Å². The Kier molecular flexibility index (Phi) is 7.70. The van der Waals surface area contributed by atoms with Crippen LogP contribution in [-0.2, 0) is 14.3 Å². The van der Waals surface area contributed by atoms with E-state index in [1.165, 1.54) is 0 Å². The molecule has 186 valence electrons. The lowest BCUT2D eigenvalue weighted by molar-refractivity contribution is -0.137. The van der Waals surface area contributed by atoms with Gasteiger partial charge in [-0.1, -0.05) is 36.4 Å². The molecule has 1 N–H and O–H groups in total. The molecule has 2 aromatic carbocycles. The highest BCUT2D eigenvalue weighted by atomic mass is 16.5. The molecule has 0 radical (unpaired) electrons.